The molecule has 0 spiro atoms. The lowest BCUT2D eigenvalue weighted by Crippen LogP contribution is -2.50. The van der Waals surface area contributed by atoms with E-state index in [2.05, 4.69) is 0 Å². The zero-order valence-corrected chi connectivity index (χ0v) is 13.9. The smallest absolute Gasteiger partial charge is 0.410 e. The van der Waals surface area contributed by atoms with Gasteiger partial charge in [0, 0.05) is 19.2 Å². The second-order valence-electron chi connectivity index (χ2n) is 6.88. The lowest BCUT2D eigenvalue weighted by molar-refractivity contribution is -0.00454. The summed E-state index contributed by atoms with van der Waals surface area (Å²) in [5.41, 5.74) is -0.984. The van der Waals surface area contributed by atoms with E-state index in [9.17, 15) is 23.5 Å². The van der Waals surface area contributed by atoms with Crippen LogP contribution in [0.1, 0.15) is 37.6 Å². The molecule has 0 bridgehead atoms. The third kappa shape index (κ3) is 4.29. The number of benzene rings is 1. The van der Waals surface area contributed by atoms with Crippen LogP contribution in [0.2, 0.25) is 0 Å². The molecule has 1 aliphatic rings. The molecule has 24 heavy (non-hydrogen) atoms. The number of likely N-dealkylation sites (tertiary alicyclic amines) is 1. The Hall–Kier alpha value is -2.02. The molecular formula is C17H21F2NO4. The maximum Gasteiger partial charge on any atom is 0.410 e. The van der Waals surface area contributed by atoms with Gasteiger partial charge in [-0.2, -0.15) is 0 Å². The van der Waals surface area contributed by atoms with Gasteiger partial charge in [-0.1, -0.05) is 0 Å². The number of hydrogen-bond acceptors (Lipinski definition) is 4. The molecule has 1 aliphatic heterocycles. The van der Waals surface area contributed by atoms with Gasteiger partial charge in [-0.05, 0) is 39.3 Å². The molecule has 1 fully saturated rings. The minimum absolute atomic E-state index is 0.0776. The number of carbonyl (C=O) groups excluding carboxylic acids is 2. The fourth-order valence-corrected chi connectivity index (χ4v) is 2.58. The molecule has 2 rings (SSSR count). The van der Waals surface area contributed by atoms with Crippen LogP contribution in [0.5, 0.6) is 0 Å². The van der Waals surface area contributed by atoms with Crippen molar-refractivity contribution in [3.63, 3.8) is 0 Å². The number of Topliss-reactive ketones (excluding diaryl/α,β-unsaturated/α-hetero) is 1. The van der Waals surface area contributed by atoms with Crippen LogP contribution in [-0.2, 0) is 4.74 Å². The van der Waals surface area contributed by atoms with E-state index >= 15 is 0 Å². The van der Waals surface area contributed by atoms with E-state index in [1.54, 1.807) is 20.8 Å². The first-order valence-electron chi connectivity index (χ1n) is 7.74. The fourth-order valence-electron chi connectivity index (χ4n) is 2.58. The molecule has 2 unspecified atom stereocenters. The second-order valence-corrected chi connectivity index (χ2v) is 6.88. The first-order valence-corrected chi connectivity index (χ1v) is 7.74. The van der Waals surface area contributed by atoms with Gasteiger partial charge in [0.2, 0.25) is 0 Å². The van der Waals surface area contributed by atoms with Gasteiger partial charge in [-0.3, -0.25) is 4.79 Å². The quantitative estimate of drug-likeness (QED) is 0.840. The Morgan fingerprint density at radius 1 is 1.29 bits per heavy atom. The first kappa shape index (κ1) is 18.3. The molecular weight excluding hydrogens is 320 g/mol. The predicted octanol–water partition coefficient (Wildman–Crippen LogP) is 2.77. The van der Waals surface area contributed by atoms with Gasteiger partial charge in [-0.15, -0.1) is 0 Å². The molecule has 0 aromatic heterocycles. The van der Waals surface area contributed by atoms with Crippen LogP contribution in [0.4, 0.5) is 13.6 Å². The average Bonchev–Trinajstić information content (AvgIpc) is 2.45. The highest BCUT2D eigenvalue weighted by molar-refractivity contribution is 5.98. The summed E-state index contributed by atoms with van der Waals surface area (Å²) in [6.07, 6.45) is -1.41. The molecule has 1 N–H and O–H groups in total. The number of aliphatic hydroxyl groups excluding tert-OH is 1. The van der Waals surface area contributed by atoms with Crippen molar-refractivity contribution in [2.75, 3.05) is 13.1 Å². The Bertz CT molecular complexity index is 642. The van der Waals surface area contributed by atoms with Gasteiger partial charge in [0.15, 0.2) is 5.78 Å². The van der Waals surface area contributed by atoms with Crippen LogP contribution in [0.25, 0.3) is 0 Å². The maximum atomic E-state index is 13.8. The number of nitrogens with zero attached hydrogens (tertiary/aromatic N) is 1. The van der Waals surface area contributed by atoms with Crippen molar-refractivity contribution < 1.29 is 28.2 Å². The van der Waals surface area contributed by atoms with Crippen molar-refractivity contribution in [1.82, 2.24) is 4.90 Å². The van der Waals surface area contributed by atoms with Crippen molar-refractivity contribution in [2.45, 2.75) is 38.9 Å². The second kappa shape index (κ2) is 6.84. The van der Waals surface area contributed by atoms with E-state index in [-0.39, 0.29) is 25.1 Å². The van der Waals surface area contributed by atoms with Crippen LogP contribution in [-0.4, -0.2) is 46.7 Å². The molecule has 0 aliphatic carbocycles. The predicted molar refractivity (Wildman–Crippen MR) is 82.6 cm³/mol. The van der Waals surface area contributed by atoms with E-state index in [1.165, 1.54) is 4.90 Å². The van der Waals surface area contributed by atoms with Crippen molar-refractivity contribution in [3.05, 3.63) is 35.4 Å². The van der Waals surface area contributed by atoms with Crippen LogP contribution in [0.3, 0.4) is 0 Å². The number of piperidine rings is 1. The Morgan fingerprint density at radius 3 is 2.54 bits per heavy atom. The number of ketones is 1. The summed E-state index contributed by atoms with van der Waals surface area (Å²) in [5, 5.41) is 10.1. The zero-order valence-electron chi connectivity index (χ0n) is 13.9. The van der Waals surface area contributed by atoms with Crippen LogP contribution >= 0.6 is 0 Å². The molecule has 5 nitrogen and oxygen atoms in total. The SMILES string of the molecule is CC(C)(C)OC(=O)N1CCC(O)C(C(=O)c2ccc(F)cc2F)C1. The van der Waals surface area contributed by atoms with Gasteiger partial charge < -0.3 is 14.7 Å². The highest BCUT2D eigenvalue weighted by atomic mass is 19.1. The van der Waals surface area contributed by atoms with Crippen molar-refractivity contribution in [2.24, 2.45) is 5.92 Å². The molecule has 1 aromatic carbocycles. The molecule has 0 saturated carbocycles. The maximum absolute atomic E-state index is 13.8. The first-order chi connectivity index (χ1) is 11.1. The lowest BCUT2D eigenvalue weighted by Gasteiger charge is -2.36. The van der Waals surface area contributed by atoms with E-state index in [0.29, 0.717) is 6.07 Å². The number of ether oxygens (including phenoxy) is 1. The highest BCUT2D eigenvalue weighted by Crippen LogP contribution is 2.24. The van der Waals surface area contributed by atoms with Gasteiger partial charge in [0.1, 0.15) is 17.2 Å². The summed E-state index contributed by atoms with van der Waals surface area (Å²) in [6, 6.07) is 2.65. The zero-order chi connectivity index (χ0) is 18.1. The van der Waals surface area contributed by atoms with Gasteiger partial charge in [-0.25, -0.2) is 13.6 Å². The van der Waals surface area contributed by atoms with E-state index < -0.39 is 41.1 Å². The Labute approximate surface area is 139 Å². The highest BCUT2D eigenvalue weighted by Gasteiger charge is 2.37. The number of aliphatic hydroxyl groups is 1. The van der Waals surface area contributed by atoms with Crippen molar-refractivity contribution >= 4 is 11.9 Å². The third-order valence-electron chi connectivity index (χ3n) is 3.76. The van der Waals surface area contributed by atoms with Crippen LogP contribution in [0.15, 0.2) is 18.2 Å². The molecule has 2 atom stereocenters. The number of carbonyl (C=O) groups is 2. The van der Waals surface area contributed by atoms with E-state index in [1.807, 2.05) is 0 Å². The van der Waals surface area contributed by atoms with Crippen molar-refractivity contribution in [1.29, 1.82) is 0 Å². The summed E-state index contributed by atoms with van der Waals surface area (Å²) in [6.45, 7) is 5.33. The standard InChI is InChI=1S/C17H21F2NO4/c1-17(2,3)24-16(23)20-7-6-14(21)12(9-20)15(22)11-5-4-10(18)8-13(11)19/h4-5,8,12,14,21H,6-7,9H2,1-3H3. The molecule has 1 saturated heterocycles. The minimum atomic E-state index is -0.999. The fraction of sp³-hybridized carbons (Fsp3) is 0.529. The summed E-state index contributed by atoms with van der Waals surface area (Å²) in [7, 11) is 0. The van der Waals surface area contributed by atoms with E-state index in [4.69, 9.17) is 4.74 Å². The third-order valence-corrected chi connectivity index (χ3v) is 3.76. The molecule has 1 aromatic rings. The topological polar surface area (TPSA) is 66.8 Å². The molecule has 0 radical (unpaired) electrons. The number of halogens is 2. The average molecular weight is 341 g/mol. The molecule has 132 valence electrons. The van der Waals surface area contributed by atoms with Gasteiger partial charge >= 0.3 is 6.09 Å². The Kier molecular flexibility index (Phi) is 5.22. The number of amides is 1. The summed E-state index contributed by atoms with van der Waals surface area (Å²) in [4.78, 5) is 25.9. The Morgan fingerprint density at radius 2 is 1.96 bits per heavy atom. The van der Waals surface area contributed by atoms with Crippen molar-refractivity contribution in [3.8, 4) is 0 Å². The summed E-state index contributed by atoms with van der Waals surface area (Å²) >= 11 is 0. The normalized spacial score (nSPS) is 21.5. The van der Waals surface area contributed by atoms with E-state index in [0.717, 1.165) is 12.1 Å². The lowest BCUT2D eigenvalue weighted by atomic mass is 9.87. The molecule has 1 heterocycles. The monoisotopic (exact) mass is 341 g/mol. The Balaban J connectivity index is 2.16. The van der Waals surface area contributed by atoms with Gasteiger partial charge in [0.25, 0.3) is 0 Å². The molecule has 7 heteroatoms. The number of rotatable bonds is 2. The van der Waals surface area contributed by atoms with Crippen LogP contribution < -0.4 is 0 Å². The largest absolute Gasteiger partial charge is 0.444 e. The summed E-state index contributed by atoms with van der Waals surface area (Å²) in [5.74, 6) is -3.41. The minimum Gasteiger partial charge on any atom is -0.444 e. The van der Waals surface area contributed by atoms with Crippen LogP contribution in [0, 0.1) is 17.6 Å². The van der Waals surface area contributed by atoms with Gasteiger partial charge in [0.05, 0.1) is 17.6 Å². The summed E-state index contributed by atoms with van der Waals surface area (Å²) < 4.78 is 32.1. The number of hydrogen-bond donors (Lipinski definition) is 1. The molecule has 1 amide bonds.